The van der Waals surface area contributed by atoms with Crippen LogP contribution in [0.3, 0.4) is 0 Å². The largest absolute Gasteiger partial charge is 0.335 e. The van der Waals surface area contributed by atoms with Gasteiger partial charge in [-0.25, -0.2) is 0 Å². The molecule has 0 heterocycles. The first-order chi connectivity index (χ1) is 6.33. The summed E-state index contributed by atoms with van der Waals surface area (Å²) in [7, 11) is 0. The minimum absolute atomic E-state index is 0.750. The van der Waals surface area contributed by atoms with Crippen LogP contribution in [0.2, 0.25) is 0 Å². The second kappa shape index (κ2) is 17.6. The van der Waals surface area contributed by atoms with Gasteiger partial charge in [0.2, 0.25) is 0 Å². The highest BCUT2D eigenvalue weighted by atomic mass is 32.1. The molecule has 0 spiro atoms. The van der Waals surface area contributed by atoms with Gasteiger partial charge in [0.15, 0.2) is 0 Å². The predicted octanol–water partition coefficient (Wildman–Crippen LogP) is 3.25. The maximum atomic E-state index is 8.29. The van der Waals surface area contributed by atoms with Crippen LogP contribution in [0.15, 0.2) is 12.7 Å². The molecule has 0 atom stereocenters. The molecule has 0 aliphatic rings. The number of rotatable bonds is 7. The first-order valence-corrected chi connectivity index (χ1v) is 5.52. The van der Waals surface area contributed by atoms with Crippen molar-refractivity contribution in [3.05, 3.63) is 12.7 Å². The van der Waals surface area contributed by atoms with Crippen LogP contribution in [0.4, 0.5) is 0 Å². The molecule has 0 fully saturated rings. The summed E-state index contributed by atoms with van der Waals surface area (Å²) in [6, 6.07) is 0. The summed E-state index contributed by atoms with van der Waals surface area (Å²) < 4.78 is 16.6. The Morgan fingerprint density at radius 2 is 1.54 bits per heavy atom. The van der Waals surface area contributed by atoms with E-state index in [2.05, 4.69) is 13.5 Å². The Labute approximate surface area is 85.0 Å². The van der Waals surface area contributed by atoms with Gasteiger partial charge in [0.25, 0.3) is 0 Å². The van der Waals surface area contributed by atoms with Crippen molar-refractivity contribution in [1.82, 2.24) is 0 Å². The van der Waals surface area contributed by atoms with E-state index < -0.39 is 11.6 Å². The van der Waals surface area contributed by atoms with E-state index in [9.17, 15) is 0 Å². The summed E-state index contributed by atoms with van der Waals surface area (Å²) in [5.41, 5.74) is 0. The van der Waals surface area contributed by atoms with Crippen molar-refractivity contribution in [2.75, 3.05) is 0 Å². The molecule has 0 rings (SSSR count). The molecule has 0 N–H and O–H groups in total. The first kappa shape index (κ1) is 15.1. The molecule has 0 bridgehead atoms. The van der Waals surface area contributed by atoms with Crippen LogP contribution in [0, 0.1) is 0 Å². The number of allylic oxidation sites excluding steroid dienone is 1. The van der Waals surface area contributed by atoms with Gasteiger partial charge < -0.3 is 0 Å². The molecule has 13 heavy (non-hydrogen) atoms. The quantitative estimate of drug-likeness (QED) is 0.471. The van der Waals surface area contributed by atoms with Crippen molar-refractivity contribution in [1.29, 1.82) is 0 Å². The van der Waals surface area contributed by atoms with E-state index in [-0.39, 0.29) is 0 Å². The highest BCUT2D eigenvalue weighted by molar-refractivity contribution is 7.51. The van der Waals surface area contributed by atoms with Gasteiger partial charge >= 0.3 is 11.6 Å². The van der Waals surface area contributed by atoms with Crippen LogP contribution in [0.25, 0.3) is 0 Å². The fourth-order valence-corrected chi connectivity index (χ4v) is 1.07. The zero-order valence-corrected chi connectivity index (χ0v) is 9.28. The summed E-state index contributed by atoms with van der Waals surface area (Å²) >= 11 is -0.750. The van der Waals surface area contributed by atoms with Gasteiger partial charge in [0.1, 0.15) is 0 Å². The summed E-state index contributed by atoms with van der Waals surface area (Å²) in [6.45, 7) is 5.95. The van der Waals surface area contributed by atoms with Gasteiger partial charge in [-0.15, -0.1) is 6.58 Å². The fraction of sp³-hybridized carbons (Fsp3) is 0.800. The van der Waals surface area contributed by atoms with Crippen LogP contribution in [0.5, 0.6) is 0 Å². The Morgan fingerprint density at radius 3 is 2.00 bits per heavy atom. The van der Waals surface area contributed by atoms with Gasteiger partial charge in [0.05, 0.1) is 0 Å². The molecule has 0 amide bonds. The van der Waals surface area contributed by atoms with Crippen LogP contribution >= 0.6 is 0 Å². The molecule has 0 radical (unpaired) electrons. The Morgan fingerprint density at radius 1 is 1.08 bits per heavy atom. The molecular weight excluding hydrogens is 184 g/mol. The van der Waals surface area contributed by atoms with Gasteiger partial charge in [-0.2, -0.15) is 8.42 Å². The minimum Gasteiger partial charge on any atom is -0.168 e. The number of unbranched alkanes of at least 4 members (excludes halogenated alkanes) is 6. The molecular formula is C10H20O2S. The molecule has 0 aliphatic heterocycles. The van der Waals surface area contributed by atoms with Crippen LogP contribution in [-0.4, -0.2) is 8.42 Å². The van der Waals surface area contributed by atoms with E-state index in [0.717, 1.165) is 0 Å². The van der Waals surface area contributed by atoms with Gasteiger partial charge in [-0.05, 0) is 12.8 Å². The monoisotopic (exact) mass is 204 g/mol. The maximum Gasteiger partial charge on any atom is 0.335 e. The number of hydrogen-bond acceptors (Lipinski definition) is 2. The second-order valence-electron chi connectivity index (χ2n) is 2.91. The third-order valence-electron chi connectivity index (χ3n) is 1.76. The molecule has 0 unspecified atom stereocenters. The summed E-state index contributed by atoms with van der Waals surface area (Å²) in [5, 5.41) is 0. The van der Waals surface area contributed by atoms with Crippen molar-refractivity contribution < 1.29 is 8.42 Å². The van der Waals surface area contributed by atoms with Crippen LogP contribution < -0.4 is 0 Å². The summed E-state index contributed by atoms with van der Waals surface area (Å²) in [6.07, 6.45) is 11.6. The van der Waals surface area contributed by atoms with E-state index in [1.54, 1.807) is 0 Å². The van der Waals surface area contributed by atoms with Gasteiger partial charge in [0, 0.05) is 0 Å². The van der Waals surface area contributed by atoms with Crippen molar-refractivity contribution >= 4 is 11.6 Å². The van der Waals surface area contributed by atoms with E-state index in [1.807, 2.05) is 6.08 Å². The van der Waals surface area contributed by atoms with Crippen molar-refractivity contribution in [2.45, 2.75) is 51.9 Å². The first-order valence-electron chi connectivity index (χ1n) is 4.86. The van der Waals surface area contributed by atoms with Crippen molar-refractivity contribution in [2.24, 2.45) is 0 Å². The molecule has 0 aromatic carbocycles. The lowest BCUT2D eigenvalue weighted by molar-refractivity contribution is 0.611. The highest BCUT2D eigenvalue weighted by Gasteiger charge is 1.86. The smallest absolute Gasteiger partial charge is 0.168 e. The lowest BCUT2D eigenvalue weighted by atomic mass is 10.1. The standard InChI is InChI=1S/C10H20.O2S/c1-3-5-7-9-10-8-6-4-2;1-3-2/h3H,1,4-10H2,2H3;. The Kier molecular flexibility index (Phi) is 20.4. The van der Waals surface area contributed by atoms with E-state index in [4.69, 9.17) is 8.42 Å². The fourth-order valence-electron chi connectivity index (χ4n) is 1.07. The molecule has 0 aromatic rings. The molecule has 0 saturated carbocycles. The zero-order chi connectivity index (χ0) is 10.4. The third kappa shape index (κ3) is 24.6. The second-order valence-corrected chi connectivity index (χ2v) is 3.05. The molecule has 78 valence electrons. The lowest BCUT2D eigenvalue weighted by Gasteiger charge is -1.96. The van der Waals surface area contributed by atoms with Crippen molar-refractivity contribution in [3.63, 3.8) is 0 Å². The van der Waals surface area contributed by atoms with Gasteiger partial charge in [-0.1, -0.05) is 45.1 Å². The maximum absolute atomic E-state index is 8.29. The third-order valence-corrected chi connectivity index (χ3v) is 1.76. The van der Waals surface area contributed by atoms with Crippen LogP contribution in [0.1, 0.15) is 51.9 Å². The minimum atomic E-state index is -0.750. The topological polar surface area (TPSA) is 34.1 Å². The Hall–Kier alpha value is -0.440. The molecule has 3 heteroatoms. The predicted molar refractivity (Wildman–Crippen MR) is 57.1 cm³/mol. The lowest BCUT2D eigenvalue weighted by Crippen LogP contribution is -1.76. The SMILES string of the molecule is C=CCCCCCCCC.O=S=O. The Bertz CT molecular complexity index is 129. The van der Waals surface area contributed by atoms with Gasteiger partial charge in [-0.3, -0.25) is 0 Å². The Balaban J connectivity index is 0. The summed E-state index contributed by atoms with van der Waals surface area (Å²) in [4.78, 5) is 0. The van der Waals surface area contributed by atoms with Crippen LogP contribution in [-0.2, 0) is 11.6 Å². The highest BCUT2D eigenvalue weighted by Crippen LogP contribution is 2.06. The van der Waals surface area contributed by atoms with E-state index in [0.29, 0.717) is 0 Å². The normalized spacial score (nSPS) is 8.38. The van der Waals surface area contributed by atoms with E-state index in [1.165, 1.54) is 44.9 Å². The zero-order valence-electron chi connectivity index (χ0n) is 8.46. The van der Waals surface area contributed by atoms with E-state index >= 15 is 0 Å². The summed E-state index contributed by atoms with van der Waals surface area (Å²) in [5.74, 6) is 0. The molecule has 0 saturated heterocycles. The average Bonchev–Trinajstić information content (AvgIpc) is 2.13. The molecule has 0 aromatic heterocycles. The molecule has 0 aliphatic carbocycles. The van der Waals surface area contributed by atoms with Crippen molar-refractivity contribution in [3.8, 4) is 0 Å². The molecule has 2 nitrogen and oxygen atoms in total. The average molecular weight is 204 g/mol. The number of hydrogen-bond donors (Lipinski definition) is 0.